The first-order chi connectivity index (χ1) is 7.16. The number of benzene rings is 1. The molecule has 76 valence electrons. The summed E-state index contributed by atoms with van der Waals surface area (Å²) in [5.74, 6) is 0.213. The number of nitrogens with zero attached hydrogens (tertiary/aromatic N) is 1. The first-order valence-electron chi connectivity index (χ1n) is 4.39. The predicted molar refractivity (Wildman–Crippen MR) is 60.8 cm³/mol. The molecule has 15 heavy (non-hydrogen) atoms. The van der Waals surface area contributed by atoms with Crippen LogP contribution < -0.4 is 4.74 Å². The van der Waals surface area contributed by atoms with Crippen molar-refractivity contribution in [1.82, 2.24) is 4.98 Å². The van der Waals surface area contributed by atoms with Crippen LogP contribution in [-0.2, 0) is 4.79 Å². The molecule has 0 atom stereocenters. The molecule has 0 radical (unpaired) electrons. The van der Waals surface area contributed by atoms with Crippen LogP contribution in [0, 0.1) is 0 Å². The Kier molecular flexibility index (Phi) is 2.68. The lowest BCUT2D eigenvalue weighted by molar-refractivity contribution is -0.131. The largest absolute Gasteiger partial charge is 0.426 e. The maximum atomic E-state index is 10.9. The molecule has 0 saturated carbocycles. The number of pyridine rings is 1. The van der Waals surface area contributed by atoms with Gasteiger partial charge in [0.2, 0.25) is 0 Å². The number of aromatic nitrogens is 1. The summed E-state index contributed by atoms with van der Waals surface area (Å²) in [5.41, 5.74) is 0.795. The molecule has 2 rings (SSSR count). The number of esters is 1. The highest BCUT2D eigenvalue weighted by Crippen LogP contribution is 2.26. The average molecular weight is 266 g/mol. The van der Waals surface area contributed by atoms with E-state index < -0.39 is 0 Å². The van der Waals surface area contributed by atoms with Crippen molar-refractivity contribution in [3.63, 3.8) is 0 Å². The third kappa shape index (κ3) is 2.15. The molecule has 1 aromatic heterocycles. The molecule has 0 aliphatic heterocycles. The van der Waals surface area contributed by atoms with Gasteiger partial charge in [-0.1, -0.05) is 15.9 Å². The molecule has 0 unspecified atom stereocenters. The number of carbonyl (C=O) groups is 1. The topological polar surface area (TPSA) is 39.2 Å². The molecule has 0 bridgehead atoms. The third-order valence-electron chi connectivity index (χ3n) is 1.92. The van der Waals surface area contributed by atoms with Gasteiger partial charge in [-0.3, -0.25) is 9.78 Å². The lowest BCUT2D eigenvalue weighted by Crippen LogP contribution is -2.01. The zero-order chi connectivity index (χ0) is 10.8. The van der Waals surface area contributed by atoms with E-state index in [2.05, 4.69) is 20.9 Å². The summed E-state index contributed by atoms with van der Waals surface area (Å²) in [7, 11) is 0. The fourth-order valence-corrected chi connectivity index (χ4v) is 1.69. The van der Waals surface area contributed by atoms with Gasteiger partial charge < -0.3 is 4.74 Å². The quantitative estimate of drug-likeness (QED) is 0.745. The highest BCUT2D eigenvalue weighted by atomic mass is 79.9. The molecule has 4 heteroatoms. The zero-order valence-corrected chi connectivity index (χ0v) is 9.61. The monoisotopic (exact) mass is 265 g/mol. The van der Waals surface area contributed by atoms with Crippen molar-refractivity contribution in [3.05, 3.63) is 34.9 Å². The Hall–Kier alpha value is -1.42. The molecule has 2 aromatic rings. The lowest BCUT2D eigenvalue weighted by Gasteiger charge is -2.05. The SMILES string of the molecule is CC(=O)Oc1ccnc2cc(Br)ccc12. The molecule has 1 heterocycles. The fourth-order valence-electron chi connectivity index (χ4n) is 1.34. The van der Waals surface area contributed by atoms with Crippen LogP contribution in [0.5, 0.6) is 5.75 Å². The summed E-state index contributed by atoms with van der Waals surface area (Å²) >= 11 is 3.36. The van der Waals surface area contributed by atoms with Crippen LogP contribution in [0.2, 0.25) is 0 Å². The van der Waals surface area contributed by atoms with E-state index in [9.17, 15) is 4.79 Å². The van der Waals surface area contributed by atoms with Gasteiger partial charge in [0, 0.05) is 23.0 Å². The number of ether oxygens (including phenoxy) is 1. The van der Waals surface area contributed by atoms with Crippen molar-refractivity contribution in [2.24, 2.45) is 0 Å². The minimum Gasteiger partial charge on any atom is -0.426 e. The number of rotatable bonds is 1. The van der Waals surface area contributed by atoms with E-state index >= 15 is 0 Å². The Morgan fingerprint density at radius 3 is 2.93 bits per heavy atom. The van der Waals surface area contributed by atoms with Crippen molar-refractivity contribution < 1.29 is 9.53 Å². The van der Waals surface area contributed by atoms with Crippen molar-refractivity contribution in [2.45, 2.75) is 6.92 Å². The zero-order valence-electron chi connectivity index (χ0n) is 8.03. The van der Waals surface area contributed by atoms with Crippen LogP contribution in [0.1, 0.15) is 6.92 Å². The van der Waals surface area contributed by atoms with Gasteiger partial charge in [0.15, 0.2) is 0 Å². The van der Waals surface area contributed by atoms with Crippen molar-refractivity contribution in [1.29, 1.82) is 0 Å². The second kappa shape index (κ2) is 3.98. The Balaban J connectivity index is 2.60. The maximum Gasteiger partial charge on any atom is 0.308 e. The molecular weight excluding hydrogens is 258 g/mol. The highest BCUT2D eigenvalue weighted by molar-refractivity contribution is 9.10. The molecule has 0 fully saturated rings. The van der Waals surface area contributed by atoms with Gasteiger partial charge in [-0.05, 0) is 24.3 Å². The maximum absolute atomic E-state index is 10.9. The van der Waals surface area contributed by atoms with Gasteiger partial charge in [-0.15, -0.1) is 0 Å². The fraction of sp³-hybridized carbons (Fsp3) is 0.0909. The molecular formula is C11H8BrNO2. The van der Waals surface area contributed by atoms with E-state index in [0.29, 0.717) is 5.75 Å². The molecule has 0 aliphatic rings. The van der Waals surface area contributed by atoms with E-state index in [1.54, 1.807) is 12.3 Å². The average Bonchev–Trinajstić information content (AvgIpc) is 2.16. The Bertz CT molecular complexity index is 525. The van der Waals surface area contributed by atoms with Crippen molar-refractivity contribution >= 4 is 32.8 Å². The van der Waals surface area contributed by atoms with Gasteiger partial charge in [0.05, 0.1) is 5.52 Å². The van der Waals surface area contributed by atoms with Crippen LogP contribution in [0.3, 0.4) is 0 Å². The van der Waals surface area contributed by atoms with Crippen LogP contribution >= 0.6 is 15.9 Å². The summed E-state index contributed by atoms with van der Waals surface area (Å²) in [6, 6.07) is 7.31. The molecule has 0 aliphatic carbocycles. The molecule has 0 N–H and O–H groups in total. The van der Waals surface area contributed by atoms with Crippen molar-refractivity contribution in [2.75, 3.05) is 0 Å². The summed E-state index contributed by atoms with van der Waals surface area (Å²) < 4.78 is 6.02. The summed E-state index contributed by atoms with van der Waals surface area (Å²) in [5, 5.41) is 0.830. The number of fused-ring (bicyclic) bond motifs is 1. The Morgan fingerprint density at radius 2 is 2.20 bits per heavy atom. The van der Waals surface area contributed by atoms with E-state index in [4.69, 9.17) is 4.74 Å². The summed E-state index contributed by atoms with van der Waals surface area (Å²) in [6.07, 6.45) is 1.62. The third-order valence-corrected chi connectivity index (χ3v) is 2.41. The number of hydrogen-bond acceptors (Lipinski definition) is 3. The van der Waals surface area contributed by atoms with E-state index in [-0.39, 0.29) is 5.97 Å². The van der Waals surface area contributed by atoms with Crippen molar-refractivity contribution in [3.8, 4) is 5.75 Å². The lowest BCUT2D eigenvalue weighted by atomic mass is 10.2. The smallest absolute Gasteiger partial charge is 0.308 e. The minimum atomic E-state index is -0.328. The van der Waals surface area contributed by atoms with E-state index in [1.165, 1.54) is 6.92 Å². The first kappa shape index (κ1) is 10.1. The van der Waals surface area contributed by atoms with Gasteiger partial charge in [-0.25, -0.2) is 0 Å². The Morgan fingerprint density at radius 1 is 1.40 bits per heavy atom. The van der Waals surface area contributed by atoms with E-state index in [0.717, 1.165) is 15.4 Å². The van der Waals surface area contributed by atoms with Gasteiger partial charge in [-0.2, -0.15) is 0 Å². The molecule has 3 nitrogen and oxygen atoms in total. The standard InChI is InChI=1S/C11H8BrNO2/c1-7(14)15-11-4-5-13-10-6-8(12)2-3-9(10)11/h2-6H,1H3. The number of hydrogen-bond donors (Lipinski definition) is 0. The van der Waals surface area contributed by atoms with Crippen LogP contribution in [0.25, 0.3) is 10.9 Å². The normalized spacial score (nSPS) is 10.3. The predicted octanol–water partition coefficient (Wildman–Crippen LogP) is 2.92. The molecule has 1 aromatic carbocycles. The summed E-state index contributed by atoms with van der Waals surface area (Å²) in [6.45, 7) is 1.38. The number of halogens is 1. The van der Waals surface area contributed by atoms with Gasteiger partial charge in [0.25, 0.3) is 0 Å². The van der Waals surface area contributed by atoms with Crippen LogP contribution in [0.4, 0.5) is 0 Å². The molecule has 0 amide bonds. The van der Waals surface area contributed by atoms with Gasteiger partial charge >= 0.3 is 5.97 Å². The molecule has 0 saturated heterocycles. The number of carbonyl (C=O) groups excluding carboxylic acids is 1. The second-order valence-electron chi connectivity index (χ2n) is 3.06. The van der Waals surface area contributed by atoms with Crippen LogP contribution in [-0.4, -0.2) is 11.0 Å². The molecule has 0 spiro atoms. The first-order valence-corrected chi connectivity index (χ1v) is 5.19. The highest BCUT2D eigenvalue weighted by Gasteiger charge is 2.05. The van der Waals surface area contributed by atoms with Gasteiger partial charge in [0.1, 0.15) is 5.75 Å². The minimum absolute atomic E-state index is 0.328. The van der Waals surface area contributed by atoms with Crippen LogP contribution in [0.15, 0.2) is 34.9 Å². The Labute approximate surface area is 95.2 Å². The van der Waals surface area contributed by atoms with E-state index in [1.807, 2.05) is 18.2 Å². The summed E-state index contributed by atoms with van der Waals surface area (Å²) in [4.78, 5) is 15.1. The second-order valence-corrected chi connectivity index (χ2v) is 3.98.